The number of carbonyl (C=O) groups is 2. The third-order valence-corrected chi connectivity index (χ3v) is 9.80. The van der Waals surface area contributed by atoms with Crippen molar-refractivity contribution in [3.8, 4) is 0 Å². The van der Waals surface area contributed by atoms with E-state index in [1.807, 2.05) is 71.9 Å². The first-order valence-corrected chi connectivity index (χ1v) is 12.4. The molecule has 0 N–H and O–H groups in total. The summed E-state index contributed by atoms with van der Waals surface area (Å²) in [5.41, 5.74) is 5.64. The van der Waals surface area contributed by atoms with E-state index in [9.17, 15) is 9.59 Å². The van der Waals surface area contributed by atoms with E-state index in [-0.39, 0.29) is 11.0 Å². The molecule has 0 aliphatic carbocycles. The van der Waals surface area contributed by atoms with Gasteiger partial charge in [0.25, 0.3) is 0 Å². The van der Waals surface area contributed by atoms with Crippen LogP contribution in [0.3, 0.4) is 0 Å². The van der Waals surface area contributed by atoms with Gasteiger partial charge in [0.15, 0.2) is 0 Å². The summed E-state index contributed by atoms with van der Waals surface area (Å²) < 4.78 is 11.4. The number of aryl methyl sites for hydroxylation is 6. The van der Waals surface area contributed by atoms with Crippen molar-refractivity contribution in [3.05, 3.63) is 99.1 Å². The van der Waals surface area contributed by atoms with E-state index < -0.39 is 7.06 Å². The van der Waals surface area contributed by atoms with Gasteiger partial charge in [-0.2, -0.15) is 0 Å². The Kier molecular flexibility index (Phi) is 5.01. The van der Waals surface area contributed by atoms with E-state index >= 15 is 0 Å². The zero-order valence-electron chi connectivity index (χ0n) is 18.8. The summed E-state index contributed by atoms with van der Waals surface area (Å²) in [6.45, 7) is 11.5. The second-order valence-electron chi connectivity index (χ2n) is 8.60. The van der Waals surface area contributed by atoms with Crippen LogP contribution in [-0.2, 0) is 9.35 Å². The molecular formula is C26H27O4P. The van der Waals surface area contributed by atoms with Crippen LogP contribution in [0.25, 0.3) is 0 Å². The van der Waals surface area contributed by atoms with Crippen LogP contribution in [0.4, 0.5) is 0 Å². The Balaban J connectivity index is 2.03. The van der Waals surface area contributed by atoms with Crippen LogP contribution in [0, 0.1) is 41.5 Å². The molecule has 0 radical (unpaired) electrons. The van der Waals surface area contributed by atoms with Crippen molar-refractivity contribution in [3.63, 3.8) is 0 Å². The Morgan fingerprint density at radius 1 is 0.613 bits per heavy atom. The molecule has 0 aromatic heterocycles. The van der Waals surface area contributed by atoms with Gasteiger partial charge >= 0.3 is 183 Å². The van der Waals surface area contributed by atoms with Gasteiger partial charge in [-0.15, -0.1) is 0 Å². The summed E-state index contributed by atoms with van der Waals surface area (Å²) in [4.78, 5) is 28.6. The van der Waals surface area contributed by atoms with Gasteiger partial charge in [-0.05, 0) is 0 Å². The summed E-state index contributed by atoms with van der Waals surface area (Å²) >= 11 is 0. The van der Waals surface area contributed by atoms with Crippen LogP contribution in [0.15, 0.2) is 54.6 Å². The van der Waals surface area contributed by atoms with Crippen molar-refractivity contribution < 1.29 is 18.9 Å². The average molecular weight is 434 g/mol. The molecule has 4 nitrogen and oxygen atoms in total. The topological polar surface area (TPSA) is 59.2 Å². The molecule has 1 aliphatic rings. The summed E-state index contributed by atoms with van der Waals surface area (Å²) in [5, 5.41) is 0.502. The Bertz CT molecular complexity index is 1120. The molecule has 3 aromatic carbocycles. The monoisotopic (exact) mass is 434 g/mol. The molecule has 3 aromatic rings. The van der Waals surface area contributed by atoms with Crippen LogP contribution in [-0.4, -0.2) is 11.0 Å². The van der Waals surface area contributed by atoms with E-state index in [1.165, 1.54) is 0 Å². The number of hydrogen-bond acceptors (Lipinski definition) is 4. The van der Waals surface area contributed by atoms with Crippen molar-refractivity contribution in [2.24, 2.45) is 0 Å². The maximum absolute atomic E-state index is 14.3. The summed E-state index contributed by atoms with van der Waals surface area (Å²) in [5.74, 6) is 0. The van der Waals surface area contributed by atoms with Gasteiger partial charge in [-0.3, -0.25) is 0 Å². The molecule has 0 atom stereocenters. The Morgan fingerprint density at radius 2 is 0.968 bits per heavy atom. The van der Waals surface area contributed by atoms with E-state index in [2.05, 4.69) is 0 Å². The van der Waals surface area contributed by atoms with Crippen molar-refractivity contribution >= 4 is 23.4 Å². The number of hydrogen-bond donors (Lipinski definition) is 0. The number of rotatable bonds is 5. The second-order valence-corrected chi connectivity index (χ2v) is 12.1. The first-order valence-electron chi connectivity index (χ1n) is 10.3. The zero-order chi connectivity index (χ0) is 22.6. The normalized spacial score (nSPS) is 17.4. The van der Waals surface area contributed by atoms with Crippen molar-refractivity contribution in [2.75, 3.05) is 0 Å². The molecule has 1 fully saturated rings. The molecule has 0 bridgehead atoms. The molecule has 4 rings (SSSR count). The van der Waals surface area contributed by atoms with Gasteiger partial charge in [-0.1, -0.05) is 0 Å². The summed E-state index contributed by atoms with van der Waals surface area (Å²) in [7, 11) is -4.52. The van der Waals surface area contributed by atoms with Crippen LogP contribution < -0.4 is 5.30 Å². The zero-order valence-corrected chi connectivity index (χ0v) is 19.7. The Morgan fingerprint density at radius 3 is 1.29 bits per heavy atom. The van der Waals surface area contributed by atoms with Gasteiger partial charge in [0, 0.05) is 0 Å². The number of benzene rings is 3. The molecule has 1 aliphatic heterocycles. The third-order valence-electron chi connectivity index (χ3n) is 6.04. The van der Waals surface area contributed by atoms with Gasteiger partial charge in [0.05, 0.1) is 0 Å². The van der Waals surface area contributed by atoms with Crippen molar-refractivity contribution in [1.29, 1.82) is 0 Å². The maximum atomic E-state index is 14.3. The molecule has 31 heavy (non-hydrogen) atoms. The van der Waals surface area contributed by atoms with Gasteiger partial charge < -0.3 is 0 Å². The van der Waals surface area contributed by atoms with E-state index in [4.69, 9.17) is 9.35 Å². The van der Waals surface area contributed by atoms with E-state index in [0.29, 0.717) is 16.4 Å². The van der Waals surface area contributed by atoms with E-state index in [0.717, 1.165) is 33.4 Å². The third kappa shape index (κ3) is 3.02. The Hall–Kier alpha value is -2.65. The first-order chi connectivity index (χ1) is 14.6. The van der Waals surface area contributed by atoms with Gasteiger partial charge in [-0.25, -0.2) is 0 Å². The molecule has 160 valence electrons. The minimum atomic E-state index is -4.52. The molecule has 1 heterocycles. The quantitative estimate of drug-likeness (QED) is 0.273. The fourth-order valence-electron chi connectivity index (χ4n) is 4.74. The first kappa shape index (κ1) is 21.6. The molecular weight excluding hydrogens is 407 g/mol. The SMILES string of the molecule is Cc1cc(C)c(C(=O)P2(C(=O)c3c(C)cc(C)cc3C)(c3ccccc3)OO2)c(C)c1. The summed E-state index contributed by atoms with van der Waals surface area (Å²) in [6, 6.07) is 16.8. The van der Waals surface area contributed by atoms with Crippen molar-refractivity contribution in [2.45, 2.75) is 41.5 Å². The van der Waals surface area contributed by atoms with Crippen LogP contribution >= 0.6 is 7.06 Å². The molecule has 0 unspecified atom stereocenters. The van der Waals surface area contributed by atoms with E-state index in [1.54, 1.807) is 24.3 Å². The predicted octanol–water partition coefficient (Wildman–Crippen LogP) is 6.19. The fraction of sp³-hybridized carbons (Fsp3) is 0.231. The number of carbonyl (C=O) groups excluding carboxylic acids is 2. The average Bonchev–Trinajstić information content (AvgIpc) is 3.46. The second kappa shape index (κ2) is 7.20. The van der Waals surface area contributed by atoms with Crippen molar-refractivity contribution in [1.82, 2.24) is 0 Å². The van der Waals surface area contributed by atoms with Crippen LogP contribution in [0.1, 0.15) is 54.1 Å². The fourth-order valence-corrected chi connectivity index (χ4v) is 8.47. The standard InChI is InChI=1S/C26H27O4P/c1-16-12-18(3)23(19(4)13-16)25(27)31(29-30-31,22-10-8-7-9-11-22)26(28)24-20(5)14-17(2)15-21(24)6/h7-15H,1-6H3. The van der Waals surface area contributed by atoms with Crippen LogP contribution in [0.2, 0.25) is 0 Å². The predicted molar refractivity (Wildman–Crippen MR) is 125 cm³/mol. The van der Waals surface area contributed by atoms with Gasteiger partial charge in [0.2, 0.25) is 0 Å². The molecule has 0 amide bonds. The summed E-state index contributed by atoms with van der Waals surface area (Å²) in [6.07, 6.45) is 0. The van der Waals surface area contributed by atoms with Crippen LogP contribution in [0.5, 0.6) is 0 Å². The minimum absolute atomic E-state index is 0.364. The van der Waals surface area contributed by atoms with Gasteiger partial charge in [0.1, 0.15) is 0 Å². The molecule has 1 saturated heterocycles. The molecule has 5 heteroatoms. The molecule has 0 spiro atoms. The molecule has 0 saturated carbocycles. The Labute approximate surface area is 183 Å².